The number of rotatable bonds is 4. The molecule has 0 aromatic heterocycles. The van der Waals surface area contributed by atoms with Crippen LogP contribution < -0.4 is 5.32 Å². The molecule has 1 N–H and O–H groups in total. The number of anilines is 1. The Morgan fingerprint density at radius 3 is 2.38 bits per heavy atom. The fraction of sp³-hybridized carbons (Fsp3) is 0.211. The van der Waals surface area contributed by atoms with Crippen molar-refractivity contribution in [3.05, 3.63) is 70.8 Å². The number of halogens is 3. The third kappa shape index (κ3) is 4.47. The summed E-state index contributed by atoms with van der Waals surface area (Å²) in [7, 11) is 0. The topological polar surface area (TPSA) is 29.1 Å². The maximum Gasteiger partial charge on any atom is 0.416 e. The van der Waals surface area contributed by atoms with Crippen molar-refractivity contribution in [1.82, 2.24) is 0 Å². The highest BCUT2D eigenvalue weighted by atomic mass is 19.4. The molecule has 0 aliphatic heterocycles. The van der Waals surface area contributed by atoms with E-state index in [4.69, 9.17) is 0 Å². The van der Waals surface area contributed by atoms with Gasteiger partial charge in [0.05, 0.1) is 5.56 Å². The Labute approximate surface area is 139 Å². The van der Waals surface area contributed by atoms with Gasteiger partial charge in [0.1, 0.15) is 0 Å². The second-order valence-corrected chi connectivity index (χ2v) is 5.40. The van der Waals surface area contributed by atoms with Crippen molar-refractivity contribution in [2.24, 2.45) is 0 Å². The summed E-state index contributed by atoms with van der Waals surface area (Å²) in [6.07, 6.45) is -0.769. The van der Waals surface area contributed by atoms with E-state index in [9.17, 15) is 18.0 Å². The molecule has 2 aromatic carbocycles. The van der Waals surface area contributed by atoms with Gasteiger partial charge in [0.2, 0.25) is 5.91 Å². The first-order valence-corrected chi connectivity index (χ1v) is 7.56. The molecule has 0 unspecified atom stereocenters. The molecule has 0 aliphatic carbocycles. The number of carbonyl (C=O) groups is 1. The van der Waals surface area contributed by atoms with Crippen LogP contribution in [0.4, 0.5) is 18.9 Å². The van der Waals surface area contributed by atoms with Crippen LogP contribution >= 0.6 is 0 Å². The van der Waals surface area contributed by atoms with Gasteiger partial charge in [-0.25, -0.2) is 0 Å². The molecule has 0 heterocycles. The quantitative estimate of drug-likeness (QED) is 0.763. The van der Waals surface area contributed by atoms with Gasteiger partial charge in [-0.1, -0.05) is 37.3 Å². The lowest BCUT2D eigenvalue weighted by Crippen LogP contribution is -2.11. The van der Waals surface area contributed by atoms with Crippen LogP contribution in [0.15, 0.2) is 48.5 Å². The minimum Gasteiger partial charge on any atom is -0.322 e. The molecular formula is C19H18F3NO. The van der Waals surface area contributed by atoms with Crippen molar-refractivity contribution in [2.75, 3.05) is 5.32 Å². The Hall–Kier alpha value is -2.56. The monoisotopic (exact) mass is 333 g/mol. The van der Waals surface area contributed by atoms with Crippen LogP contribution in [0.5, 0.6) is 0 Å². The van der Waals surface area contributed by atoms with E-state index in [-0.39, 0.29) is 5.91 Å². The molecule has 0 bridgehead atoms. The minimum absolute atomic E-state index is 0.320. The molecular weight excluding hydrogens is 315 g/mol. The number of para-hydroxylation sites is 1. The standard InChI is InChI=1S/C19H18F3NO/c1-3-15-6-4-5-13(2)18(15)23-17(24)12-9-14-7-10-16(11-8-14)19(20,21)22/h4-12H,3H2,1-2H3,(H,23,24)/b12-9+. The minimum atomic E-state index is -4.36. The maximum atomic E-state index is 12.5. The van der Waals surface area contributed by atoms with Gasteiger partial charge in [0.15, 0.2) is 0 Å². The van der Waals surface area contributed by atoms with Crippen molar-refractivity contribution in [3.63, 3.8) is 0 Å². The molecule has 2 rings (SSSR count). The number of hydrogen-bond donors (Lipinski definition) is 1. The van der Waals surface area contributed by atoms with E-state index in [1.54, 1.807) is 0 Å². The molecule has 5 heteroatoms. The van der Waals surface area contributed by atoms with Crippen molar-refractivity contribution in [2.45, 2.75) is 26.4 Å². The SMILES string of the molecule is CCc1cccc(C)c1NC(=O)/C=C/c1ccc(C(F)(F)F)cc1. The third-order valence-corrected chi connectivity index (χ3v) is 3.65. The molecule has 24 heavy (non-hydrogen) atoms. The van der Waals surface area contributed by atoms with E-state index < -0.39 is 11.7 Å². The van der Waals surface area contributed by atoms with Crippen LogP contribution in [0.2, 0.25) is 0 Å². The highest BCUT2D eigenvalue weighted by Gasteiger charge is 2.29. The predicted molar refractivity (Wildman–Crippen MR) is 89.7 cm³/mol. The smallest absolute Gasteiger partial charge is 0.322 e. The highest BCUT2D eigenvalue weighted by Crippen LogP contribution is 2.29. The average molecular weight is 333 g/mol. The molecule has 0 spiro atoms. The Bertz CT molecular complexity index is 746. The first-order valence-electron chi connectivity index (χ1n) is 7.56. The van der Waals surface area contributed by atoms with Crippen molar-refractivity contribution >= 4 is 17.7 Å². The van der Waals surface area contributed by atoms with Gasteiger partial charge < -0.3 is 5.32 Å². The first-order chi connectivity index (χ1) is 11.3. The second-order valence-electron chi connectivity index (χ2n) is 5.40. The summed E-state index contributed by atoms with van der Waals surface area (Å²) in [6.45, 7) is 3.91. The van der Waals surface area contributed by atoms with Gasteiger partial charge in [-0.2, -0.15) is 13.2 Å². The van der Waals surface area contributed by atoms with Crippen LogP contribution in [-0.4, -0.2) is 5.91 Å². The molecule has 1 amide bonds. The molecule has 0 fully saturated rings. The Kier molecular flexibility index (Phi) is 5.44. The lowest BCUT2D eigenvalue weighted by Gasteiger charge is -2.11. The summed E-state index contributed by atoms with van der Waals surface area (Å²) in [5, 5.41) is 2.83. The summed E-state index contributed by atoms with van der Waals surface area (Å²) in [5.41, 5.74) is 2.59. The van der Waals surface area contributed by atoms with Crippen LogP contribution in [0.25, 0.3) is 6.08 Å². The van der Waals surface area contributed by atoms with Crippen molar-refractivity contribution in [1.29, 1.82) is 0 Å². The Balaban J connectivity index is 2.09. The largest absolute Gasteiger partial charge is 0.416 e. The van der Waals surface area contributed by atoms with Gasteiger partial charge in [0.25, 0.3) is 0 Å². The summed E-state index contributed by atoms with van der Waals surface area (Å²) in [4.78, 5) is 12.1. The van der Waals surface area contributed by atoms with E-state index in [2.05, 4.69) is 5.32 Å². The maximum absolute atomic E-state index is 12.5. The number of amides is 1. The Morgan fingerprint density at radius 2 is 1.79 bits per heavy atom. The number of aryl methyl sites for hydroxylation is 2. The fourth-order valence-corrected chi connectivity index (χ4v) is 2.32. The number of alkyl halides is 3. The van der Waals surface area contributed by atoms with E-state index in [0.717, 1.165) is 35.4 Å². The lowest BCUT2D eigenvalue weighted by molar-refractivity contribution is -0.137. The van der Waals surface area contributed by atoms with Gasteiger partial charge in [-0.05, 0) is 48.2 Å². The fourth-order valence-electron chi connectivity index (χ4n) is 2.32. The molecule has 0 saturated heterocycles. The van der Waals surface area contributed by atoms with Crippen LogP contribution in [0.3, 0.4) is 0 Å². The number of carbonyl (C=O) groups excluding carboxylic acids is 1. The summed E-state index contributed by atoms with van der Waals surface area (Å²) < 4.78 is 37.5. The number of nitrogens with one attached hydrogen (secondary N) is 1. The van der Waals surface area contributed by atoms with E-state index in [1.807, 2.05) is 32.0 Å². The average Bonchev–Trinajstić information content (AvgIpc) is 2.54. The molecule has 2 aromatic rings. The molecule has 0 aliphatic rings. The van der Waals surface area contributed by atoms with Gasteiger partial charge in [-0.15, -0.1) is 0 Å². The van der Waals surface area contributed by atoms with Gasteiger partial charge in [-0.3, -0.25) is 4.79 Å². The summed E-state index contributed by atoms with van der Waals surface area (Å²) in [5.74, 6) is -0.320. The molecule has 126 valence electrons. The molecule has 0 radical (unpaired) electrons. The Morgan fingerprint density at radius 1 is 1.12 bits per heavy atom. The highest BCUT2D eigenvalue weighted by molar-refractivity contribution is 6.02. The zero-order chi connectivity index (χ0) is 17.7. The lowest BCUT2D eigenvalue weighted by atomic mass is 10.1. The molecule has 0 atom stereocenters. The normalized spacial score (nSPS) is 11.7. The first kappa shape index (κ1) is 17.8. The third-order valence-electron chi connectivity index (χ3n) is 3.65. The van der Waals surface area contributed by atoms with E-state index in [1.165, 1.54) is 24.3 Å². The molecule has 0 saturated carbocycles. The second kappa shape index (κ2) is 7.34. The van der Waals surface area contributed by atoms with E-state index >= 15 is 0 Å². The number of hydrogen-bond acceptors (Lipinski definition) is 1. The van der Waals surface area contributed by atoms with Crippen LogP contribution in [-0.2, 0) is 17.4 Å². The van der Waals surface area contributed by atoms with Crippen molar-refractivity contribution in [3.8, 4) is 0 Å². The van der Waals surface area contributed by atoms with Crippen LogP contribution in [0.1, 0.15) is 29.2 Å². The molecule has 2 nitrogen and oxygen atoms in total. The van der Waals surface area contributed by atoms with E-state index in [0.29, 0.717) is 5.56 Å². The zero-order valence-electron chi connectivity index (χ0n) is 13.4. The number of benzene rings is 2. The van der Waals surface area contributed by atoms with Crippen molar-refractivity contribution < 1.29 is 18.0 Å². The predicted octanol–water partition coefficient (Wildman–Crippen LogP) is 5.23. The summed E-state index contributed by atoms with van der Waals surface area (Å²) >= 11 is 0. The van der Waals surface area contributed by atoms with Crippen LogP contribution in [0, 0.1) is 6.92 Å². The summed E-state index contributed by atoms with van der Waals surface area (Å²) in [6, 6.07) is 10.4. The van der Waals surface area contributed by atoms with Gasteiger partial charge >= 0.3 is 6.18 Å². The van der Waals surface area contributed by atoms with Gasteiger partial charge in [0, 0.05) is 11.8 Å². The zero-order valence-corrected chi connectivity index (χ0v) is 13.4.